The highest BCUT2D eigenvalue weighted by atomic mass is 79.9. The molecule has 0 aliphatic carbocycles. The van der Waals surface area contributed by atoms with Gasteiger partial charge in [-0.05, 0) is 28.1 Å². The van der Waals surface area contributed by atoms with Crippen molar-refractivity contribution in [3.8, 4) is 0 Å². The number of imidazole rings is 1. The molecule has 0 amide bonds. The third-order valence-corrected chi connectivity index (χ3v) is 1.98. The lowest BCUT2D eigenvalue weighted by atomic mass is 10.4. The average Bonchev–Trinajstić information content (AvgIpc) is 2.34. The van der Waals surface area contributed by atoms with E-state index in [4.69, 9.17) is 0 Å². The number of rotatable bonds is 0. The Bertz CT molecular complexity index is 353. The number of hydrogen-bond donors (Lipinski definition) is 0. The van der Waals surface area contributed by atoms with Gasteiger partial charge in [0.2, 0.25) is 0 Å². The van der Waals surface area contributed by atoms with Crippen LogP contribution in [-0.2, 0) is 0 Å². The summed E-state index contributed by atoms with van der Waals surface area (Å²) in [6, 6.07) is 5.97. The van der Waals surface area contributed by atoms with Crippen molar-refractivity contribution in [3.05, 3.63) is 35.3 Å². The van der Waals surface area contributed by atoms with Gasteiger partial charge in [0.15, 0.2) is 4.73 Å². The van der Waals surface area contributed by atoms with Crippen LogP contribution in [0.1, 0.15) is 0 Å². The number of aromatic nitrogens is 2. The first-order valence-corrected chi connectivity index (χ1v) is 3.75. The molecule has 50 valence electrons. The van der Waals surface area contributed by atoms with Crippen molar-refractivity contribution < 1.29 is 0 Å². The van der Waals surface area contributed by atoms with E-state index >= 15 is 0 Å². The van der Waals surface area contributed by atoms with Crippen molar-refractivity contribution in [1.29, 1.82) is 0 Å². The summed E-state index contributed by atoms with van der Waals surface area (Å²) < 4.78 is 2.82. The fraction of sp³-hybridized carbons (Fsp3) is 0. The third-order valence-electron chi connectivity index (χ3n) is 1.39. The fourth-order valence-electron chi connectivity index (χ4n) is 0.911. The van der Waals surface area contributed by atoms with Crippen molar-refractivity contribution in [2.75, 3.05) is 0 Å². The van der Waals surface area contributed by atoms with Crippen molar-refractivity contribution in [3.63, 3.8) is 0 Å². The molecule has 2 nitrogen and oxygen atoms in total. The highest BCUT2D eigenvalue weighted by molar-refractivity contribution is 9.10. The maximum absolute atomic E-state index is 4.08. The molecule has 10 heavy (non-hydrogen) atoms. The Balaban J connectivity index is 2.93. The molecule has 0 bridgehead atoms. The Morgan fingerprint density at radius 1 is 1.40 bits per heavy atom. The minimum Gasteiger partial charge on any atom is -0.294 e. The summed E-state index contributed by atoms with van der Waals surface area (Å²) in [7, 11) is 0. The predicted octanol–water partition coefficient (Wildman–Crippen LogP) is 2.10. The number of halogens is 1. The molecule has 0 fully saturated rings. The molecule has 0 radical (unpaired) electrons. The molecule has 2 rings (SSSR count). The van der Waals surface area contributed by atoms with E-state index in [1.165, 1.54) is 0 Å². The Kier molecular flexibility index (Phi) is 1.24. The molecule has 0 aliphatic rings. The lowest BCUT2D eigenvalue weighted by molar-refractivity contribution is 1.10. The van der Waals surface area contributed by atoms with E-state index in [0.717, 1.165) is 10.3 Å². The molecule has 0 atom stereocenters. The van der Waals surface area contributed by atoms with Gasteiger partial charge in [0.1, 0.15) is 0 Å². The van der Waals surface area contributed by atoms with Crippen molar-refractivity contribution in [1.82, 2.24) is 9.38 Å². The van der Waals surface area contributed by atoms with Crippen LogP contribution in [0.5, 0.6) is 0 Å². The van der Waals surface area contributed by atoms with Gasteiger partial charge >= 0.3 is 0 Å². The average molecular weight is 197 g/mol. The molecule has 0 saturated carbocycles. The van der Waals surface area contributed by atoms with Gasteiger partial charge in [-0.15, -0.1) is 0 Å². The minimum absolute atomic E-state index is 0.850. The van der Waals surface area contributed by atoms with Gasteiger partial charge < -0.3 is 0 Å². The second kappa shape index (κ2) is 2.09. The number of pyridine rings is 1. The molecular weight excluding hydrogens is 192 g/mol. The van der Waals surface area contributed by atoms with E-state index in [-0.39, 0.29) is 0 Å². The first-order valence-electron chi connectivity index (χ1n) is 2.95. The molecule has 0 aromatic carbocycles. The molecule has 0 spiro atoms. The second-order valence-electron chi connectivity index (χ2n) is 2.02. The van der Waals surface area contributed by atoms with Crippen LogP contribution in [0.3, 0.4) is 0 Å². The fourth-order valence-corrected chi connectivity index (χ4v) is 1.34. The molecule has 2 heterocycles. The van der Waals surface area contributed by atoms with Crippen LogP contribution in [-0.4, -0.2) is 9.38 Å². The van der Waals surface area contributed by atoms with Gasteiger partial charge in [0.05, 0.1) is 11.7 Å². The van der Waals surface area contributed by atoms with Crippen molar-refractivity contribution in [2.45, 2.75) is 0 Å². The van der Waals surface area contributed by atoms with E-state index in [9.17, 15) is 0 Å². The Labute approximate surface area is 66.6 Å². The SMILES string of the molecule is Brc1ncc2ccccn12. The van der Waals surface area contributed by atoms with Crippen LogP contribution in [0.4, 0.5) is 0 Å². The zero-order chi connectivity index (χ0) is 6.97. The van der Waals surface area contributed by atoms with Crippen LogP contribution in [0.15, 0.2) is 35.3 Å². The standard InChI is InChI=1S/C7H5BrN2/c8-7-9-5-6-3-1-2-4-10(6)7/h1-5H. The number of fused-ring (bicyclic) bond motifs is 1. The van der Waals surface area contributed by atoms with Gasteiger partial charge in [-0.3, -0.25) is 4.40 Å². The highest BCUT2D eigenvalue weighted by Gasteiger charge is 1.94. The van der Waals surface area contributed by atoms with Crippen LogP contribution in [0.2, 0.25) is 0 Å². The molecular formula is C7H5BrN2. The van der Waals surface area contributed by atoms with Crippen molar-refractivity contribution in [2.24, 2.45) is 0 Å². The predicted molar refractivity (Wildman–Crippen MR) is 42.9 cm³/mol. The van der Waals surface area contributed by atoms with Crippen molar-refractivity contribution >= 4 is 21.4 Å². The first-order chi connectivity index (χ1) is 4.88. The minimum atomic E-state index is 0.850. The largest absolute Gasteiger partial charge is 0.294 e. The quantitative estimate of drug-likeness (QED) is 0.632. The van der Waals surface area contributed by atoms with Crippen LogP contribution >= 0.6 is 15.9 Å². The van der Waals surface area contributed by atoms with Gasteiger partial charge in [-0.1, -0.05) is 6.07 Å². The smallest absolute Gasteiger partial charge is 0.181 e. The van der Waals surface area contributed by atoms with Gasteiger partial charge in [0, 0.05) is 6.20 Å². The van der Waals surface area contributed by atoms with E-state index < -0.39 is 0 Å². The van der Waals surface area contributed by atoms with Gasteiger partial charge in [-0.2, -0.15) is 0 Å². The lowest BCUT2D eigenvalue weighted by Crippen LogP contribution is -1.80. The summed E-state index contributed by atoms with van der Waals surface area (Å²) in [6.07, 6.45) is 3.79. The molecule has 0 unspecified atom stereocenters. The maximum atomic E-state index is 4.08. The summed E-state index contributed by atoms with van der Waals surface area (Å²) in [5.41, 5.74) is 1.11. The number of hydrogen-bond acceptors (Lipinski definition) is 1. The summed E-state index contributed by atoms with van der Waals surface area (Å²) in [5, 5.41) is 0. The lowest BCUT2D eigenvalue weighted by Gasteiger charge is -1.90. The number of nitrogens with zero attached hydrogens (tertiary/aromatic N) is 2. The van der Waals surface area contributed by atoms with E-state index in [1.807, 2.05) is 35.0 Å². The second-order valence-corrected chi connectivity index (χ2v) is 2.73. The monoisotopic (exact) mass is 196 g/mol. The zero-order valence-electron chi connectivity index (χ0n) is 5.16. The topological polar surface area (TPSA) is 17.3 Å². The van der Waals surface area contributed by atoms with Crippen LogP contribution in [0, 0.1) is 0 Å². The van der Waals surface area contributed by atoms with Crippen LogP contribution in [0.25, 0.3) is 5.52 Å². The summed E-state index contributed by atoms with van der Waals surface area (Å²) in [5.74, 6) is 0. The molecule has 3 heteroatoms. The normalized spacial score (nSPS) is 10.5. The van der Waals surface area contributed by atoms with Crippen LogP contribution < -0.4 is 0 Å². The first kappa shape index (κ1) is 5.92. The van der Waals surface area contributed by atoms with E-state index in [0.29, 0.717) is 0 Å². The zero-order valence-corrected chi connectivity index (χ0v) is 6.75. The summed E-state index contributed by atoms with van der Waals surface area (Å²) >= 11 is 3.32. The van der Waals surface area contributed by atoms with Gasteiger partial charge in [-0.25, -0.2) is 4.98 Å². The Morgan fingerprint density at radius 2 is 2.30 bits per heavy atom. The van der Waals surface area contributed by atoms with E-state index in [1.54, 1.807) is 0 Å². The maximum Gasteiger partial charge on any atom is 0.181 e. The molecule has 0 aliphatic heterocycles. The van der Waals surface area contributed by atoms with E-state index in [2.05, 4.69) is 20.9 Å². The Morgan fingerprint density at radius 3 is 3.10 bits per heavy atom. The molecule has 2 aromatic rings. The third kappa shape index (κ3) is 0.743. The van der Waals surface area contributed by atoms with Gasteiger partial charge in [0.25, 0.3) is 0 Å². The Hall–Kier alpha value is -0.830. The molecule has 2 aromatic heterocycles. The molecule has 0 saturated heterocycles. The summed E-state index contributed by atoms with van der Waals surface area (Å²) in [6.45, 7) is 0. The summed E-state index contributed by atoms with van der Waals surface area (Å²) in [4.78, 5) is 4.08. The highest BCUT2D eigenvalue weighted by Crippen LogP contribution is 2.10. The molecule has 0 N–H and O–H groups in total.